The summed E-state index contributed by atoms with van der Waals surface area (Å²) in [5.41, 5.74) is 0.230. The normalized spacial score (nSPS) is 11.2. The van der Waals surface area contributed by atoms with E-state index in [0.717, 1.165) is 23.4 Å². The number of thioether (sulfide) groups is 1. The first-order valence-electron chi connectivity index (χ1n) is 9.33. The second kappa shape index (κ2) is 10.3. The summed E-state index contributed by atoms with van der Waals surface area (Å²) >= 11 is 0.824. The quantitative estimate of drug-likeness (QED) is 0.405. The van der Waals surface area contributed by atoms with Crippen LogP contribution in [0.5, 0.6) is 11.5 Å². The van der Waals surface area contributed by atoms with Crippen LogP contribution in [0.4, 0.5) is 13.2 Å². The zero-order valence-corrected chi connectivity index (χ0v) is 18.0. The Balaban J connectivity index is 1.79. The Morgan fingerprint density at radius 2 is 1.78 bits per heavy atom. The van der Waals surface area contributed by atoms with Crippen molar-refractivity contribution in [3.05, 3.63) is 60.0 Å². The molecule has 2 N–H and O–H groups in total. The van der Waals surface area contributed by atoms with Gasteiger partial charge in [-0.05, 0) is 29.8 Å². The number of amides is 1. The molecule has 3 rings (SSSR count). The van der Waals surface area contributed by atoms with Gasteiger partial charge >= 0.3 is 6.18 Å². The fourth-order valence-electron chi connectivity index (χ4n) is 2.70. The first-order valence-corrected chi connectivity index (χ1v) is 10.3. The van der Waals surface area contributed by atoms with Gasteiger partial charge in [-0.2, -0.15) is 13.2 Å². The Kier molecular flexibility index (Phi) is 7.52. The summed E-state index contributed by atoms with van der Waals surface area (Å²) in [5.74, 6) is 0.302. The van der Waals surface area contributed by atoms with Crippen molar-refractivity contribution in [2.75, 3.05) is 20.0 Å². The predicted octanol–water partition coefficient (Wildman–Crippen LogP) is 3.40. The predicted molar refractivity (Wildman–Crippen MR) is 111 cm³/mol. The van der Waals surface area contributed by atoms with E-state index in [9.17, 15) is 18.0 Å². The van der Waals surface area contributed by atoms with Gasteiger partial charge in [-0.15, -0.1) is 0 Å². The van der Waals surface area contributed by atoms with Crippen LogP contribution < -0.4 is 19.8 Å². The van der Waals surface area contributed by atoms with Crippen LogP contribution in [0, 0.1) is 0 Å². The van der Waals surface area contributed by atoms with Gasteiger partial charge in [0.25, 0.3) is 0 Å². The summed E-state index contributed by atoms with van der Waals surface area (Å²) in [6.07, 6.45) is -1.22. The molecule has 0 aliphatic rings. The smallest absolute Gasteiger partial charge is 0.433 e. The number of halogens is 3. The van der Waals surface area contributed by atoms with E-state index in [1.54, 1.807) is 36.7 Å². The number of pyridine rings is 1. The maximum Gasteiger partial charge on any atom is 0.433 e. The van der Waals surface area contributed by atoms with Gasteiger partial charge in [0.2, 0.25) is 5.91 Å². The van der Waals surface area contributed by atoms with Crippen LogP contribution in [0.1, 0.15) is 11.3 Å². The van der Waals surface area contributed by atoms with E-state index in [2.05, 4.69) is 20.3 Å². The number of nitrogens with one attached hydrogen (secondary N) is 2. The van der Waals surface area contributed by atoms with E-state index in [1.807, 2.05) is 0 Å². The lowest BCUT2D eigenvalue weighted by Crippen LogP contribution is -2.25. The Morgan fingerprint density at radius 3 is 2.44 bits per heavy atom. The lowest BCUT2D eigenvalue weighted by Gasteiger charge is -2.12. The standard InChI is InChI=1S/C21H19F3N4O3S/c1-30-16-4-3-14(9-17(16)31-2)15-10-18(21(22,23)24)28-20(27-15)32-12-19(29)26-11-13-5-7-25-8-6-13/h3-10H,11-12H2,1-2H3,(H,26,29)/p+1. The van der Waals surface area contributed by atoms with Crippen molar-refractivity contribution in [3.63, 3.8) is 0 Å². The second-order valence-corrected chi connectivity index (χ2v) is 7.40. The molecule has 0 unspecified atom stereocenters. The number of carbonyl (C=O) groups is 1. The van der Waals surface area contributed by atoms with Crippen LogP contribution in [-0.2, 0) is 17.5 Å². The highest BCUT2D eigenvalue weighted by Crippen LogP contribution is 2.35. The molecule has 0 spiro atoms. The Morgan fingerprint density at radius 1 is 1.06 bits per heavy atom. The van der Waals surface area contributed by atoms with E-state index in [1.165, 1.54) is 20.3 Å². The number of H-pyrrole nitrogens is 1. The van der Waals surface area contributed by atoms with E-state index in [4.69, 9.17) is 9.47 Å². The molecule has 1 amide bonds. The largest absolute Gasteiger partial charge is 0.493 e. The topological polar surface area (TPSA) is 87.5 Å². The number of benzene rings is 1. The molecule has 32 heavy (non-hydrogen) atoms. The fourth-order valence-corrected chi connectivity index (χ4v) is 3.39. The van der Waals surface area contributed by atoms with Crippen molar-refractivity contribution >= 4 is 17.7 Å². The summed E-state index contributed by atoms with van der Waals surface area (Å²) in [4.78, 5) is 22.8. The average Bonchev–Trinajstić information content (AvgIpc) is 2.80. The number of methoxy groups -OCH3 is 2. The number of hydrogen-bond acceptors (Lipinski definition) is 6. The maximum absolute atomic E-state index is 13.4. The summed E-state index contributed by atoms with van der Waals surface area (Å²) in [7, 11) is 2.89. The molecule has 2 heterocycles. The minimum absolute atomic E-state index is 0.0525. The number of ether oxygens (including phenoxy) is 2. The number of rotatable bonds is 8. The minimum atomic E-state index is -4.67. The molecule has 3 aromatic rings. The summed E-state index contributed by atoms with van der Waals surface area (Å²) < 4.78 is 50.6. The SMILES string of the molecule is COc1ccc(-c2cc(C(F)(F)F)nc(SCC(=O)NCc3cc[nH+]cc3)n2)cc1OC. The Hall–Kier alpha value is -3.34. The molecule has 0 fully saturated rings. The minimum Gasteiger partial charge on any atom is -0.493 e. The summed E-state index contributed by atoms with van der Waals surface area (Å²) in [6.45, 7) is 0.300. The zero-order valence-electron chi connectivity index (χ0n) is 17.2. The van der Waals surface area contributed by atoms with Gasteiger partial charge < -0.3 is 14.8 Å². The Labute approximate surface area is 186 Å². The third kappa shape index (κ3) is 6.10. The first-order chi connectivity index (χ1) is 15.3. The van der Waals surface area contributed by atoms with Crippen LogP contribution in [0.25, 0.3) is 11.3 Å². The number of aromatic amines is 1. The van der Waals surface area contributed by atoms with Crippen molar-refractivity contribution in [2.45, 2.75) is 17.9 Å². The van der Waals surface area contributed by atoms with E-state index < -0.39 is 11.9 Å². The number of alkyl halides is 3. The third-order valence-electron chi connectivity index (χ3n) is 4.28. The number of carbonyl (C=O) groups excluding carboxylic acids is 1. The highest BCUT2D eigenvalue weighted by molar-refractivity contribution is 7.99. The van der Waals surface area contributed by atoms with Crippen molar-refractivity contribution in [1.29, 1.82) is 0 Å². The average molecular weight is 465 g/mol. The molecule has 0 saturated carbocycles. The molecule has 168 valence electrons. The van der Waals surface area contributed by atoms with E-state index >= 15 is 0 Å². The van der Waals surface area contributed by atoms with Crippen molar-refractivity contribution < 1.29 is 32.4 Å². The van der Waals surface area contributed by atoms with Crippen molar-refractivity contribution in [3.8, 4) is 22.8 Å². The number of aromatic nitrogens is 3. The molecule has 2 aromatic heterocycles. The molecular formula is C21H20F3N4O3S+. The summed E-state index contributed by atoms with van der Waals surface area (Å²) in [5, 5.41) is 2.55. The fraction of sp³-hybridized carbons (Fsp3) is 0.238. The maximum atomic E-state index is 13.4. The van der Waals surface area contributed by atoms with E-state index in [0.29, 0.717) is 23.6 Å². The molecule has 0 aliphatic heterocycles. The van der Waals surface area contributed by atoms with Crippen LogP contribution in [0.15, 0.2) is 53.9 Å². The molecule has 1 aromatic carbocycles. The summed E-state index contributed by atoms with van der Waals surface area (Å²) in [6, 6.07) is 9.14. The molecular weight excluding hydrogens is 445 g/mol. The molecule has 0 atom stereocenters. The van der Waals surface area contributed by atoms with Gasteiger partial charge in [-0.1, -0.05) is 11.8 Å². The van der Waals surface area contributed by atoms with Crippen molar-refractivity contribution in [2.24, 2.45) is 0 Å². The number of hydrogen-bond donors (Lipinski definition) is 1. The van der Waals surface area contributed by atoms with Gasteiger partial charge in [0.15, 0.2) is 29.0 Å². The lowest BCUT2D eigenvalue weighted by atomic mass is 10.1. The molecule has 0 saturated heterocycles. The monoisotopic (exact) mass is 465 g/mol. The second-order valence-electron chi connectivity index (χ2n) is 6.46. The highest BCUT2D eigenvalue weighted by Gasteiger charge is 2.34. The van der Waals surface area contributed by atoms with Gasteiger partial charge in [-0.25, -0.2) is 15.0 Å². The molecule has 7 nitrogen and oxygen atoms in total. The lowest BCUT2D eigenvalue weighted by molar-refractivity contribution is -0.378. The van der Waals surface area contributed by atoms with Gasteiger partial charge in [0.05, 0.1) is 25.7 Å². The molecule has 0 aliphatic carbocycles. The van der Waals surface area contributed by atoms with Gasteiger partial charge in [0.1, 0.15) is 5.69 Å². The van der Waals surface area contributed by atoms with Gasteiger partial charge in [0, 0.05) is 24.2 Å². The highest BCUT2D eigenvalue weighted by atomic mass is 32.2. The zero-order chi connectivity index (χ0) is 23.1. The molecule has 0 bridgehead atoms. The van der Waals surface area contributed by atoms with E-state index in [-0.39, 0.29) is 22.5 Å². The van der Waals surface area contributed by atoms with Crippen LogP contribution >= 0.6 is 11.8 Å². The van der Waals surface area contributed by atoms with Gasteiger partial charge in [-0.3, -0.25) is 4.79 Å². The van der Waals surface area contributed by atoms with Crippen LogP contribution in [-0.4, -0.2) is 35.8 Å². The van der Waals surface area contributed by atoms with Crippen LogP contribution in [0.3, 0.4) is 0 Å². The number of nitrogens with zero attached hydrogens (tertiary/aromatic N) is 2. The molecule has 11 heteroatoms. The molecule has 0 radical (unpaired) electrons. The third-order valence-corrected chi connectivity index (χ3v) is 5.13. The van der Waals surface area contributed by atoms with Crippen LogP contribution in [0.2, 0.25) is 0 Å². The Bertz CT molecular complexity index is 1080. The van der Waals surface area contributed by atoms with Crippen molar-refractivity contribution in [1.82, 2.24) is 15.3 Å². The first kappa shape index (κ1) is 23.3.